The SMILES string of the molecule is O=C(CSc1nc2ccccc2c(=O)n1-c1ccccc1)Nc1ccc(Cl)cn1. The van der Waals surface area contributed by atoms with Crippen LogP contribution < -0.4 is 10.9 Å². The van der Waals surface area contributed by atoms with Crippen LogP contribution in [0.5, 0.6) is 0 Å². The van der Waals surface area contributed by atoms with Crippen LogP contribution in [0.4, 0.5) is 5.82 Å². The van der Waals surface area contributed by atoms with Crippen LogP contribution in [-0.2, 0) is 4.79 Å². The van der Waals surface area contributed by atoms with Gasteiger partial charge in [-0.15, -0.1) is 0 Å². The average Bonchev–Trinajstić information content (AvgIpc) is 2.75. The Hall–Kier alpha value is -3.16. The zero-order valence-electron chi connectivity index (χ0n) is 15.1. The highest BCUT2D eigenvalue weighted by atomic mass is 35.5. The van der Waals surface area contributed by atoms with Crippen LogP contribution in [0.25, 0.3) is 16.6 Å². The molecule has 2 aromatic heterocycles. The van der Waals surface area contributed by atoms with E-state index in [2.05, 4.69) is 15.3 Å². The van der Waals surface area contributed by atoms with Gasteiger partial charge in [0.25, 0.3) is 5.56 Å². The zero-order valence-corrected chi connectivity index (χ0v) is 16.7. The third-order valence-electron chi connectivity index (χ3n) is 4.09. The maximum absolute atomic E-state index is 13.1. The van der Waals surface area contributed by atoms with Crippen LogP contribution in [0, 0.1) is 0 Å². The summed E-state index contributed by atoms with van der Waals surface area (Å²) in [5, 5.41) is 4.16. The smallest absolute Gasteiger partial charge is 0.266 e. The number of pyridine rings is 1. The Balaban J connectivity index is 1.64. The monoisotopic (exact) mass is 422 g/mol. The number of nitrogens with one attached hydrogen (secondary N) is 1. The number of fused-ring (bicyclic) bond motifs is 1. The molecule has 6 nitrogen and oxygen atoms in total. The fourth-order valence-corrected chi connectivity index (χ4v) is 3.70. The number of rotatable bonds is 5. The number of halogens is 1. The summed E-state index contributed by atoms with van der Waals surface area (Å²) >= 11 is 6.99. The summed E-state index contributed by atoms with van der Waals surface area (Å²) in [6, 6.07) is 19.7. The molecule has 0 saturated carbocycles. The molecule has 29 heavy (non-hydrogen) atoms. The van der Waals surface area contributed by atoms with E-state index < -0.39 is 0 Å². The van der Waals surface area contributed by atoms with E-state index >= 15 is 0 Å². The molecule has 1 N–H and O–H groups in total. The van der Waals surface area contributed by atoms with Crippen molar-refractivity contribution in [3.05, 3.63) is 88.3 Å². The van der Waals surface area contributed by atoms with Gasteiger partial charge in [0.2, 0.25) is 5.91 Å². The fraction of sp³-hybridized carbons (Fsp3) is 0.0476. The summed E-state index contributed by atoms with van der Waals surface area (Å²) in [7, 11) is 0. The first-order chi connectivity index (χ1) is 14.1. The molecule has 8 heteroatoms. The van der Waals surface area contributed by atoms with Gasteiger partial charge in [-0.2, -0.15) is 0 Å². The maximum Gasteiger partial charge on any atom is 0.266 e. The van der Waals surface area contributed by atoms with E-state index in [-0.39, 0.29) is 17.2 Å². The number of benzene rings is 2. The quantitative estimate of drug-likeness (QED) is 0.386. The molecule has 0 aliphatic carbocycles. The van der Waals surface area contributed by atoms with Crippen molar-refractivity contribution in [3.8, 4) is 5.69 Å². The lowest BCUT2D eigenvalue weighted by atomic mass is 10.2. The minimum atomic E-state index is -0.258. The molecule has 144 valence electrons. The first kappa shape index (κ1) is 19.2. The number of hydrogen-bond acceptors (Lipinski definition) is 5. The second-order valence-electron chi connectivity index (χ2n) is 6.09. The van der Waals surface area contributed by atoms with Crippen LogP contribution in [0.1, 0.15) is 0 Å². The Morgan fingerprint density at radius 3 is 2.55 bits per heavy atom. The molecule has 0 atom stereocenters. The highest BCUT2D eigenvalue weighted by Gasteiger charge is 2.14. The number of carbonyl (C=O) groups is 1. The van der Waals surface area contributed by atoms with Gasteiger partial charge in [0.05, 0.1) is 27.4 Å². The van der Waals surface area contributed by atoms with Gasteiger partial charge in [0, 0.05) is 6.20 Å². The van der Waals surface area contributed by atoms with Crippen LogP contribution in [-0.4, -0.2) is 26.2 Å². The Morgan fingerprint density at radius 2 is 1.79 bits per heavy atom. The molecule has 0 aliphatic rings. The van der Waals surface area contributed by atoms with E-state index in [9.17, 15) is 9.59 Å². The van der Waals surface area contributed by atoms with Gasteiger partial charge in [-0.3, -0.25) is 14.2 Å². The van der Waals surface area contributed by atoms with E-state index in [1.807, 2.05) is 36.4 Å². The molecule has 0 unspecified atom stereocenters. The lowest BCUT2D eigenvalue weighted by Crippen LogP contribution is -2.23. The van der Waals surface area contributed by atoms with Crippen molar-refractivity contribution >= 4 is 46.0 Å². The Labute approximate surface area is 175 Å². The minimum absolute atomic E-state index is 0.0713. The molecule has 2 heterocycles. The van der Waals surface area contributed by atoms with Crippen molar-refractivity contribution in [2.45, 2.75) is 5.16 Å². The standard InChI is InChI=1S/C21H15ClN4O2S/c22-14-10-11-18(23-12-14)25-19(27)13-29-21-24-17-9-5-4-8-16(17)20(28)26(21)15-6-2-1-3-7-15/h1-12H,13H2,(H,23,25,27). The second kappa shape index (κ2) is 8.46. The maximum atomic E-state index is 13.1. The highest BCUT2D eigenvalue weighted by Crippen LogP contribution is 2.21. The molecular weight excluding hydrogens is 408 g/mol. The summed E-state index contributed by atoms with van der Waals surface area (Å²) in [5.41, 5.74) is 1.11. The number of anilines is 1. The van der Waals surface area contributed by atoms with E-state index in [0.29, 0.717) is 32.6 Å². The average molecular weight is 423 g/mol. The topological polar surface area (TPSA) is 76.9 Å². The molecule has 0 fully saturated rings. The van der Waals surface area contributed by atoms with Gasteiger partial charge in [0.1, 0.15) is 5.82 Å². The summed E-state index contributed by atoms with van der Waals surface area (Å²) in [6.45, 7) is 0. The lowest BCUT2D eigenvalue weighted by Gasteiger charge is -2.13. The molecule has 0 saturated heterocycles. The number of aromatic nitrogens is 3. The van der Waals surface area contributed by atoms with Crippen LogP contribution >= 0.6 is 23.4 Å². The third kappa shape index (κ3) is 4.31. The van der Waals surface area contributed by atoms with Crippen molar-refractivity contribution in [3.63, 3.8) is 0 Å². The number of nitrogens with zero attached hydrogens (tertiary/aromatic N) is 3. The van der Waals surface area contributed by atoms with E-state index in [4.69, 9.17) is 11.6 Å². The van der Waals surface area contributed by atoms with Gasteiger partial charge < -0.3 is 5.32 Å². The molecule has 0 radical (unpaired) electrons. The van der Waals surface area contributed by atoms with Crippen LogP contribution in [0.2, 0.25) is 5.02 Å². The number of amides is 1. The van der Waals surface area contributed by atoms with E-state index in [1.54, 1.807) is 30.3 Å². The third-order valence-corrected chi connectivity index (χ3v) is 5.25. The minimum Gasteiger partial charge on any atom is -0.310 e. The number of para-hydroxylation sites is 2. The highest BCUT2D eigenvalue weighted by molar-refractivity contribution is 7.99. The summed E-state index contributed by atoms with van der Waals surface area (Å²) in [6.07, 6.45) is 1.46. The van der Waals surface area contributed by atoms with Crippen molar-refractivity contribution in [1.29, 1.82) is 0 Å². The molecular formula is C21H15ClN4O2S. The van der Waals surface area contributed by atoms with E-state index in [1.165, 1.54) is 22.5 Å². The van der Waals surface area contributed by atoms with Gasteiger partial charge in [0.15, 0.2) is 5.16 Å². The number of thioether (sulfide) groups is 1. The molecule has 0 bridgehead atoms. The van der Waals surface area contributed by atoms with Crippen molar-refractivity contribution in [2.75, 3.05) is 11.1 Å². The molecule has 0 aliphatic heterocycles. The zero-order chi connectivity index (χ0) is 20.2. The first-order valence-electron chi connectivity index (χ1n) is 8.73. The van der Waals surface area contributed by atoms with Gasteiger partial charge in [-0.1, -0.05) is 53.7 Å². The van der Waals surface area contributed by atoms with Crippen LogP contribution in [0.3, 0.4) is 0 Å². The van der Waals surface area contributed by atoms with E-state index in [0.717, 1.165) is 0 Å². The number of carbonyl (C=O) groups excluding carboxylic acids is 1. The van der Waals surface area contributed by atoms with Gasteiger partial charge in [-0.25, -0.2) is 9.97 Å². The Morgan fingerprint density at radius 1 is 1.03 bits per heavy atom. The summed E-state index contributed by atoms with van der Waals surface area (Å²) in [5.74, 6) is 0.223. The predicted molar refractivity (Wildman–Crippen MR) is 116 cm³/mol. The molecule has 0 spiro atoms. The predicted octanol–water partition coefficient (Wildman–Crippen LogP) is 4.16. The van der Waals surface area contributed by atoms with Crippen molar-refractivity contribution in [1.82, 2.24) is 14.5 Å². The molecule has 1 amide bonds. The lowest BCUT2D eigenvalue weighted by molar-refractivity contribution is -0.113. The summed E-state index contributed by atoms with van der Waals surface area (Å²) in [4.78, 5) is 34.1. The molecule has 4 rings (SSSR count). The Bertz CT molecular complexity index is 1230. The Kier molecular flexibility index (Phi) is 5.59. The summed E-state index contributed by atoms with van der Waals surface area (Å²) < 4.78 is 1.53. The first-order valence-corrected chi connectivity index (χ1v) is 10.1. The largest absolute Gasteiger partial charge is 0.310 e. The molecule has 4 aromatic rings. The molecule has 2 aromatic carbocycles. The second-order valence-corrected chi connectivity index (χ2v) is 7.47. The fourth-order valence-electron chi connectivity index (χ4n) is 2.77. The van der Waals surface area contributed by atoms with Crippen molar-refractivity contribution < 1.29 is 4.79 Å². The normalized spacial score (nSPS) is 10.8. The van der Waals surface area contributed by atoms with Crippen molar-refractivity contribution in [2.24, 2.45) is 0 Å². The van der Waals surface area contributed by atoms with Gasteiger partial charge in [-0.05, 0) is 36.4 Å². The van der Waals surface area contributed by atoms with Gasteiger partial charge >= 0.3 is 0 Å². The number of hydrogen-bond donors (Lipinski definition) is 1. The van der Waals surface area contributed by atoms with Crippen LogP contribution in [0.15, 0.2) is 82.9 Å².